The molecule has 0 radical (unpaired) electrons. The molecule has 0 bridgehead atoms. The summed E-state index contributed by atoms with van der Waals surface area (Å²) in [6, 6.07) is 14.2. The van der Waals surface area contributed by atoms with Gasteiger partial charge in [-0.1, -0.05) is 18.2 Å². The van der Waals surface area contributed by atoms with Crippen molar-refractivity contribution in [2.75, 3.05) is 20.2 Å². The first-order chi connectivity index (χ1) is 13.4. The summed E-state index contributed by atoms with van der Waals surface area (Å²) < 4.78 is 5.36. The number of ether oxygens (including phenoxy) is 1. The van der Waals surface area contributed by atoms with E-state index in [2.05, 4.69) is 37.0 Å². The van der Waals surface area contributed by atoms with Crippen LogP contribution < -0.4 is 10.5 Å². The van der Waals surface area contributed by atoms with Crippen LogP contribution in [0.25, 0.3) is 0 Å². The Morgan fingerprint density at radius 2 is 1.96 bits per heavy atom. The van der Waals surface area contributed by atoms with E-state index in [4.69, 9.17) is 10.5 Å². The van der Waals surface area contributed by atoms with Gasteiger partial charge in [0.15, 0.2) is 5.41 Å². The van der Waals surface area contributed by atoms with E-state index in [1.807, 2.05) is 30.3 Å². The summed E-state index contributed by atoms with van der Waals surface area (Å²) in [5, 5.41) is 29.9. The van der Waals surface area contributed by atoms with Gasteiger partial charge in [0.25, 0.3) is 0 Å². The number of benzene rings is 1. The van der Waals surface area contributed by atoms with Gasteiger partial charge in [-0.2, -0.15) is 15.8 Å². The first kappa shape index (κ1) is 19.5. The summed E-state index contributed by atoms with van der Waals surface area (Å²) in [6.07, 6.45) is 2.02. The van der Waals surface area contributed by atoms with E-state index in [9.17, 15) is 15.8 Å². The molecule has 0 fully saturated rings. The minimum absolute atomic E-state index is 0.0494. The minimum atomic E-state index is -1.61. The van der Waals surface area contributed by atoms with Crippen molar-refractivity contribution in [2.24, 2.45) is 17.1 Å². The highest BCUT2D eigenvalue weighted by Gasteiger charge is 2.54. The van der Waals surface area contributed by atoms with Crippen molar-refractivity contribution in [3.8, 4) is 24.0 Å². The third kappa shape index (κ3) is 2.82. The van der Waals surface area contributed by atoms with Crippen LogP contribution in [0.2, 0.25) is 0 Å². The average molecular weight is 373 g/mol. The lowest BCUT2D eigenvalue weighted by Crippen LogP contribution is -2.49. The molecule has 2 aliphatic rings. The number of nitrogens with zero attached hydrogens (tertiary/aromatic N) is 4. The van der Waals surface area contributed by atoms with Crippen molar-refractivity contribution in [3.05, 3.63) is 52.7 Å². The van der Waals surface area contributed by atoms with Gasteiger partial charge in [-0.25, -0.2) is 0 Å². The highest BCUT2D eigenvalue weighted by atomic mass is 16.5. The maximum Gasteiger partial charge on any atom is 0.191 e. The smallest absolute Gasteiger partial charge is 0.191 e. The molecule has 6 nitrogen and oxygen atoms in total. The summed E-state index contributed by atoms with van der Waals surface area (Å²) >= 11 is 0. The molecular formula is C22H23N5O. The van der Waals surface area contributed by atoms with Gasteiger partial charge in [-0.15, -0.1) is 0 Å². The quantitative estimate of drug-likeness (QED) is 0.872. The first-order valence-electron chi connectivity index (χ1n) is 9.24. The Hall–Kier alpha value is -3.27. The lowest BCUT2D eigenvalue weighted by molar-refractivity contribution is 0.174. The fraction of sp³-hybridized carbons (Fsp3) is 0.409. The number of methoxy groups -OCH3 is 1. The van der Waals surface area contributed by atoms with Gasteiger partial charge in [0.2, 0.25) is 0 Å². The Bertz CT molecular complexity index is 956. The fourth-order valence-corrected chi connectivity index (χ4v) is 4.34. The largest absolute Gasteiger partial charge is 0.497 e. The predicted octanol–water partition coefficient (Wildman–Crippen LogP) is 2.83. The summed E-state index contributed by atoms with van der Waals surface area (Å²) in [5.74, 6) is -0.0371. The van der Waals surface area contributed by atoms with Gasteiger partial charge < -0.3 is 10.5 Å². The van der Waals surface area contributed by atoms with Crippen LogP contribution in [0.15, 0.2) is 47.2 Å². The molecule has 28 heavy (non-hydrogen) atoms. The molecule has 142 valence electrons. The van der Waals surface area contributed by atoms with E-state index in [0.29, 0.717) is 24.9 Å². The lowest BCUT2D eigenvalue weighted by atomic mass is 9.58. The molecule has 1 aliphatic carbocycles. The van der Waals surface area contributed by atoms with Crippen LogP contribution in [-0.2, 0) is 0 Å². The topological polar surface area (TPSA) is 110 Å². The third-order valence-corrected chi connectivity index (χ3v) is 5.88. The van der Waals surface area contributed by atoms with E-state index in [-0.39, 0.29) is 17.2 Å². The van der Waals surface area contributed by atoms with Crippen molar-refractivity contribution in [1.82, 2.24) is 4.90 Å². The zero-order valence-corrected chi connectivity index (χ0v) is 16.3. The normalized spacial score (nSPS) is 23.8. The van der Waals surface area contributed by atoms with E-state index < -0.39 is 11.3 Å². The number of nitrogens with two attached hydrogens (primary N) is 1. The van der Waals surface area contributed by atoms with Gasteiger partial charge in [-0.05, 0) is 37.1 Å². The SMILES string of the molecule is COc1cccc([C@H]2[C@@H]3CN(C(C)C)CC=C3C(C#N)=C(N)C2(C#N)C#N)c1. The van der Waals surface area contributed by atoms with Crippen LogP contribution in [0, 0.1) is 45.3 Å². The van der Waals surface area contributed by atoms with Gasteiger partial charge >= 0.3 is 0 Å². The van der Waals surface area contributed by atoms with Crippen LogP contribution in [0.3, 0.4) is 0 Å². The number of fused-ring (bicyclic) bond motifs is 1. The molecular weight excluding hydrogens is 350 g/mol. The highest BCUT2D eigenvalue weighted by molar-refractivity contribution is 5.59. The molecule has 6 heteroatoms. The Morgan fingerprint density at radius 1 is 1.25 bits per heavy atom. The molecule has 1 aromatic carbocycles. The molecule has 0 spiro atoms. The van der Waals surface area contributed by atoms with E-state index >= 15 is 0 Å². The van der Waals surface area contributed by atoms with Crippen LogP contribution in [-0.4, -0.2) is 31.1 Å². The predicted molar refractivity (Wildman–Crippen MR) is 105 cm³/mol. The summed E-state index contributed by atoms with van der Waals surface area (Å²) in [7, 11) is 1.58. The highest BCUT2D eigenvalue weighted by Crippen LogP contribution is 2.54. The van der Waals surface area contributed by atoms with Crippen molar-refractivity contribution in [2.45, 2.75) is 25.8 Å². The second-order valence-electron chi connectivity index (χ2n) is 7.50. The molecule has 2 N–H and O–H groups in total. The average Bonchev–Trinajstić information content (AvgIpc) is 2.72. The molecule has 0 saturated carbocycles. The molecule has 3 rings (SSSR count). The van der Waals surface area contributed by atoms with Crippen molar-refractivity contribution < 1.29 is 4.74 Å². The summed E-state index contributed by atoms with van der Waals surface area (Å²) in [4.78, 5) is 2.28. The van der Waals surface area contributed by atoms with E-state index in [1.54, 1.807) is 7.11 Å². The van der Waals surface area contributed by atoms with Crippen LogP contribution >= 0.6 is 0 Å². The van der Waals surface area contributed by atoms with Gasteiger partial charge in [-0.3, -0.25) is 4.90 Å². The van der Waals surface area contributed by atoms with Crippen LogP contribution in [0.4, 0.5) is 0 Å². The van der Waals surface area contributed by atoms with Gasteiger partial charge in [0.1, 0.15) is 11.8 Å². The second kappa shape index (κ2) is 7.39. The number of allylic oxidation sites excluding steroid dienone is 2. The van der Waals surface area contributed by atoms with Crippen LogP contribution in [0.5, 0.6) is 5.75 Å². The van der Waals surface area contributed by atoms with Crippen molar-refractivity contribution >= 4 is 0 Å². The lowest BCUT2D eigenvalue weighted by Gasteiger charge is -2.46. The molecule has 0 aromatic heterocycles. The standard InChI is InChI=1S/C22H23N5O/c1-14(2)27-8-7-17-18(10-23)21(26)22(12-24,13-25)20(19(17)11-27)15-5-4-6-16(9-15)28-3/h4-7,9,14,19-20H,8,11,26H2,1-3H3/t19-,20+/m1/s1. The Morgan fingerprint density at radius 3 is 2.54 bits per heavy atom. The maximum absolute atomic E-state index is 10.1. The number of nitriles is 3. The molecule has 0 amide bonds. The Balaban J connectivity index is 2.30. The summed E-state index contributed by atoms with van der Waals surface area (Å²) in [6.45, 7) is 5.58. The first-order valence-corrected chi connectivity index (χ1v) is 9.24. The van der Waals surface area contributed by atoms with Crippen LogP contribution in [0.1, 0.15) is 25.3 Å². The van der Waals surface area contributed by atoms with E-state index in [0.717, 1.165) is 11.1 Å². The molecule has 0 saturated heterocycles. The molecule has 2 atom stereocenters. The van der Waals surface area contributed by atoms with E-state index in [1.165, 1.54) is 0 Å². The second-order valence-corrected chi connectivity index (χ2v) is 7.50. The summed E-state index contributed by atoms with van der Waals surface area (Å²) in [5.41, 5.74) is 6.68. The molecule has 0 unspecified atom stereocenters. The van der Waals surface area contributed by atoms with Crippen molar-refractivity contribution in [1.29, 1.82) is 15.8 Å². The van der Waals surface area contributed by atoms with Gasteiger partial charge in [0.05, 0.1) is 30.5 Å². The molecule has 1 heterocycles. The minimum Gasteiger partial charge on any atom is -0.497 e. The maximum atomic E-state index is 10.1. The van der Waals surface area contributed by atoms with Crippen molar-refractivity contribution in [3.63, 3.8) is 0 Å². The van der Waals surface area contributed by atoms with Gasteiger partial charge in [0, 0.05) is 31.0 Å². The fourth-order valence-electron chi connectivity index (χ4n) is 4.34. The molecule has 1 aromatic rings. The number of rotatable bonds is 3. The molecule has 1 aliphatic heterocycles. The monoisotopic (exact) mass is 373 g/mol. The Labute approximate surface area is 165 Å². The zero-order chi connectivity index (χ0) is 20.5. The Kier molecular flexibility index (Phi) is 5.14. The third-order valence-electron chi connectivity index (χ3n) is 5.88. The number of hydrogen-bond acceptors (Lipinski definition) is 6. The number of hydrogen-bond donors (Lipinski definition) is 1. The zero-order valence-electron chi connectivity index (χ0n) is 16.3.